The summed E-state index contributed by atoms with van der Waals surface area (Å²) in [6.07, 6.45) is 8.54. The van der Waals surface area contributed by atoms with E-state index in [-0.39, 0.29) is 31.1 Å². The normalized spacial score (nSPS) is 29.9. The van der Waals surface area contributed by atoms with E-state index in [2.05, 4.69) is 10.8 Å². The van der Waals surface area contributed by atoms with E-state index < -0.39 is 17.6 Å². The summed E-state index contributed by atoms with van der Waals surface area (Å²) >= 11 is 0. The average molecular weight is 453 g/mol. The molecule has 1 saturated heterocycles. The van der Waals surface area contributed by atoms with Crippen LogP contribution in [-0.2, 0) is 25.5 Å². The number of β-lactam (4-membered cyclic amide) rings is 1. The number of likely N-dealkylation sites (tertiary alicyclic amines) is 1. The predicted molar refractivity (Wildman–Crippen MR) is 119 cm³/mol. The Morgan fingerprint density at radius 3 is 2.76 bits per heavy atom. The highest BCUT2D eigenvalue weighted by Gasteiger charge is 2.55. The number of carbonyl (C=O) groups is 2. The van der Waals surface area contributed by atoms with Gasteiger partial charge in [-0.25, -0.2) is 4.79 Å². The maximum absolute atomic E-state index is 13.3. The Morgan fingerprint density at radius 1 is 1.33 bits per heavy atom. The number of ether oxygens (including phenoxy) is 4. The molecule has 4 aliphatic rings. The van der Waals surface area contributed by atoms with Gasteiger partial charge in [0.1, 0.15) is 11.3 Å². The van der Waals surface area contributed by atoms with Crippen LogP contribution in [0.25, 0.3) is 0 Å². The van der Waals surface area contributed by atoms with Crippen molar-refractivity contribution in [3.8, 4) is 23.8 Å². The quantitative estimate of drug-likeness (QED) is 0.383. The highest BCUT2D eigenvalue weighted by Crippen LogP contribution is 2.47. The number of esters is 1. The van der Waals surface area contributed by atoms with E-state index in [4.69, 9.17) is 25.4 Å². The van der Waals surface area contributed by atoms with Gasteiger partial charge >= 0.3 is 5.97 Å². The van der Waals surface area contributed by atoms with Gasteiger partial charge in [0.05, 0.1) is 13.5 Å². The van der Waals surface area contributed by atoms with Crippen LogP contribution in [0.4, 0.5) is 0 Å². The molecule has 8 heteroatoms. The van der Waals surface area contributed by atoms with Crippen LogP contribution in [0.2, 0.25) is 0 Å². The lowest BCUT2D eigenvalue weighted by Crippen LogP contribution is -2.65. The predicted octanol–water partition coefficient (Wildman–Crippen LogP) is 1.83. The Morgan fingerprint density at radius 2 is 2.09 bits per heavy atom. The molecule has 8 nitrogen and oxygen atoms in total. The number of hydrogen-bond acceptors (Lipinski definition) is 7. The number of hydrogen-bond donors (Lipinski definition) is 0. The van der Waals surface area contributed by atoms with Crippen molar-refractivity contribution in [1.29, 1.82) is 0 Å². The van der Waals surface area contributed by atoms with E-state index >= 15 is 0 Å². The maximum Gasteiger partial charge on any atom is 0.333 e. The molecule has 1 amide bonds. The van der Waals surface area contributed by atoms with Crippen molar-refractivity contribution in [2.45, 2.75) is 49.8 Å². The van der Waals surface area contributed by atoms with Crippen LogP contribution in [0.15, 0.2) is 24.0 Å². The fraction of sp³-hybridized carbons (Fsp3) is 0.520. The summed E-state index contributed by atoms with van der Waals surface area (Å²) in [5, 5.41) is 0. The van der Waals surface area contributed by atoms with Crippen LogP contribution in [0.3, 0.4) is 0 Å². The van der Waals surface area contributed by atoms with Crippen molar-refractivity contribution in [3.63, 3.8) is 0 Å². The molecule has 0 N–H and O–H groups in total. The number of carbonyl (C=O) groups excluding carboxylic acids is 2. The minimum absolute atomic E-state index is 0.0544. The second-order valence-corrected chi connectivity index (χ2v) is 9.16. The lowest BCUT2D eigenvalue weighted by atomic mass is 9.85. The second-order valence-electron chi connectivity index (χ2n) is 9.16. The topological polar surface area (TPSA) is 77.5 Å². The molecule has 3 heterocycles. The molecule has 1 aliphatic carbocycles. The van der Waals surface area contributed by atoms with E-state index in [9.17, 15) is 9.59 Å². The molecular formula is C25H28N2O6. The first-order chi connectivity index (χ1) is 15.9. The van der Waals surface area contributed by atoms with Crippen molar-refractivity contribution >= 4 is 11.9 Å². The molecule has 1 aromatic carbocycles. The zero-order valence-corrected chi connectivity index (χ0v) is 19.1. The zero-order chi connectivity index (χ0) is 23.3. The SMILES string of the molecule is C#CCCN1CCc2cc3c(cc2[C@@H]2[C@H](OC(=O)[C@@]4(C)CC(=O)N4C)C(OC)=C[C@@H]21)OCO3. The van der Waals surface area contributed by atoms with E-state index in [1.54, 1.807) is 21.1 Å². The van der Waals surface area contributed by atoms with Gasteiger partial charge in [-0.15, -0.1) is 12.3 Å². The van der Waals surface area contributed by atoms with Crippen LogP contribution in [0.1, 0.15) is 36.8 Å². The Hall–Kier alpha value is -3.18. The number of amides is 1. The Labute approximate surface area is 193 Å². The summed E-state index contributed by atoms with van der Waals surface area (Å²) in [5.41, 5.74) is 1.21. The van der Waals surface area contributed by atoms with Crippen LogP contribution >= 0.6 is 0 Å². The summed E-state index contributed by atoms with van der Waals surface area (Å²) in [4.78, 5) is 28.8. The fourth-order valence-corrected chi connectivity index (χ4v) is 5.29. The minimum Gasteiger partial charge on any atom is -0.497 e. The molecule has 0 bridgehead atoms. The molecule has 5 rings (SSSR count). The number of likely N-dealkylation sites (N-methyl/N-ethyl adjacent to an activating group) is 1. The minimum atomic E-state index is -0.973. The van der Waals surface area contributed by atoms with Crippen LogP contribution in [0.5, 0.6) is 11.5 Å². The van der Waals surface area contributed by atoms with Gasteiger partial charge in [0.15, 0.2) is 17.6 Å². The largest absolute Gasteiger partial charge is 0.497 e. The fourth-order valence-electron chi connectivity index (χ4n) is 5.29. The average Bonchev–Trinajstić information content (AvgIpc) is 3.38. The van der Waals surface area contributed by atoms with Gasteiger partial charge in [-0.3, -0.25) is 9.69 Å². The number of nitrogens with zero attached hydrogens (tertiary/aromatic N) is 2. The van der Waals surface area contributed by atoms with E-state index in [0.29, 0.717) is 17.9 Å². The lowest BCUT2D eigenvalue weighted by molar-refractivity contribution is -0.179. The Balaban J connectivity index is 1.53. The third-order valence-corrected chi connectivity index (χ3v) is 7.46. The van der Waals surface area contributed by atoms with Crippen molar-refractivity contribution in [1.82, 2.24) is 9.80 Å². The number of rotatable bonds is 5. The molecule has 33 heavy (non-hydrogen) atoms. The van der Waals surface area contributed by atoms with Crippen molar-refractivity contribution in [2.75, 3.05) is 34.0 Å². The number of benzene rings is 1. The smallest absolute Gasteiger partial charge is 0.333 e. The standard InChI is InChI=1S/C25H28N2O6/c1-5-6-8-27-9-7-15-10-18-19(32-14-31-18)11-16(15)22-17(27)12-20(30-4)23(22)33-24(29)25(2)13-21(28)26(25)3/h1,10-12,17,22-23H,6-9,13-14H2,2-4H3/t17-,22-,23+,25+/m0/s1. The first-order valence-corrected chi connectivity index (χ1v) is 11.2. The maximum atomic E-state index is 13.3. The molecule has 0 spiro atoms. The summed E-state index contributed by atoms with van der Waals surface area (Å²) in [6.45, 7) is 3.46. The lowest BCUT2D eigenvalue weighted by Gasteiger charge is -2.45. The van der Waals surface area contributed by atoms with Crippen LogP contribution < -0.4 is 9.47 Å². The molecule has 1 fully saturated rings. The Bertz CT molecular complexity index is 1080. The van der Waals surface area contributed by atoms with E-state index in [1.807, 2.05) is 18.2 Å². The van der Waals surface area contributed by atoms with Gasteiger partial charge in [0.2, 0.25) is 12.7 Å². The first kappa shape index (κ1) is 21.7. The number of terminal acetylenes is 1. The molecule has 0 saturated carbocycles. The molecule has 0 unspecified atom stereocenters. The molecular weight excluding hydrogens is 424 g/mol. The first-order valence-electron chi connectivity index (χ1n) is 11.2. The van der Waals surface area contributed by atoms with Gasteiger partial charge in [-0.2, -0.15) is 0 Å². The molecule has 174 valence electrons. The van der Waals surface area contributed by atoms with Gasteiger partial charge in [0.25, 0.3) is 0 Å². The van der Waals surface area contributed by atoms with Gasteiger partial charge in [-0.05, 0) is 42.7 Å². The van der Waals surface area contributed by atoms with E-state index in [0.717, 1.165) is 36.4 Å². The van der Waals surface area contributed by atoms with E-state index in [1.165, 1.54) is 4.90 Å². The molecule has 4 atom stereocenters. The second kappa shape index (κ2) is 7.99. The third kappa shape index (κ3) is 3.34. The summed E-state index contributed by atoms with van der Waals surface area (Å²) < 4.78 is 23.1. The highest BCUT2D eigenvalue weighted by atomic mass is 16.7. The van der Waals surface area contributed by atoms with Crippen molar-refractivity contribution in [2.24, 2.45) is 0 Å². The van der Waals surface area contributed by atoms with Crippen LogP contribution in [-0.4, -0.2) is 73.4 Å². The molecule has 3 aliphatic heterocycles. The summed E-state index contributed by atoms with van der Waals surface area (Å²) in [6, 6.07) is 3.98. The van der Waals surface area contributed by atoms with Gasteiger partial charge < -0.3 is 23.8 Å². The third-order valence-electron chi connectivity index (χ3n) is 7.46. The molecule has 0 aromatic heterocycles. The Kier molecular flexibility index (Phi) is 5.25. The number of methoxy groups -OCH3 is 1. The van der Waals surface area contributed by atoms with Crippen LogP contribution in [0, 0.1) is 12.3 Å². The number of fused-ring (bicyclic) bond motifs is 4. The van der Waals surface area contributed by atoms with Crippen molar-refractivity contribution < 1.29 is 28.5 Å². The monoisotopic (exact) mass is 452 g/mol. The summed E-state index contributed by atoms with van der Waals surface area (Å²) in [7, 11) is 3.21. The van der Waals surface area contributed by atoms with Gasteiger partial charge in [0, 0.05) is 38.5 Å². The van der Waals surface area contributed by atoms with Crippen molar-refractivity contribution in [3.05, 3.63) is 35.1 Å². The zero-order valence-electron chi connectivity index (χ0n) is 19.1. The molecule has 0 radical (unpaired) electrons. The molecule has 1 aromatic rings. The van der Waals surface area contributed by atoms with Gasteiger partial charge in [-0.1, -0.05) is 0 Å². The summed E-state index contributed by atoms with van der Waals surface area (Å²) in [5.74, 6) is 4.05. The highest BCUT2D eigenvalue weighted by molar-refractivity contribution is 5.98.